The van der Waals surface area contributed by atoms with Crippen molar-refractivity contribution in [2.75, 3.05) is 13.7 Å². The van der Waals surface area contributed by atoms with Gasteiger partial charge < -0.3 is 18.9 Å². The van der Waals surface area contributed by atoms with Crippen molar-refractivity contribution in [1.29, 1.82) is 0 Å². The summed E-state index contributed by atoms with van der Waals surface area (Å²) in [5, 5.41) is 10.8. The van der Waals surface area contributed by atoms with E-state index in [1.54, 1.807) is 30.3 Å². The predicted molar refractivity (Wildman–Crippen MR) is 135 cm³/mol. The molecule has 37 heavy (non-hydrogen) atoms. The molecule has 0 fully saturated rings. The highest BCUT2D eigenvalue weighted by Gasteiger charge is 2.25. The van der Waals surface area contributed by atoms with Gasteiger partial charge in [-0.25, -0.2) is 4.72 Å². The number of fused-ring (bicyclic) bond motifs is 1. The van der Waals surface area contributed by atoms with Crippen molar-refractivity contribution in [2.45, 2.75) is 30.4 Å². The van der Waals surface area contributed by atoms with E-state index in [9.17, 15) is 19.7 Å². The van der Waals surface area contributed by atoms with E-state index in [0.717, 1.165) is 11.1 Å². The molecule has 3 aromatic rings. The minimum atomic E-state index is -0.670. The number of nitro groups is 1. The molecule has 0 radical (unpaired) electrons. The second kappa shape index (κ2) is 11.8. The lowest BCUT2D eigenvalue weighted by molar-refractivity contribution is -0.384. The van der Waals surface area contributed by atoms with Gasteiger partial charge in [-0.15, -0.1) is 0 Å². The Bertz CT molecular complexity index is 1280. The maximum absolute atomic E-state index is 12.4. The normalized spacial score (nSPS) is 14.9. The van der Waals surface area contributed by atoms with Gasteiger partial charge in [0.15, 0.2) is 17.6 Å². The third kappa shape index (κ3) is 6.78. The van der Waals surface area contributed by atoms with E-state index in [-0.39, 0.29) is 24.4 Å². The second-order valence-electron chi connectivity index (χ2n) is 8.11. The Balaban J connectivity index is 1.39. The first-order valence-electron chi connectivity index (χ1n) is 11.3. The third-order valence-corrected chi connectivity index (χ3v) is 6.38. The Morgan fingerprint density at radius 3 is 2.49 bits per heavy atom. The summed E-state index contributed by atoms with van der Waals surface area (Å²) < 4.78 is 25.1. The van der Waals surface area contributed by atoms with Crippen LogP contribution in [0.25, 0.3) is 0 Å². The highest BCUT2D eigenvalue weighted by molar-refractivity contribution is 7.97. The lowest BCUT2D eigenvalue weighted by atomic mass is 10.0. The summed E-state index contributed by atoms with van der Waals surface area (Å²) in [4.78, 5) is 34.6. The smallest absolute Gasteiger partial charge is 0.324 e. The van der Waals surface area contributed by atoms with Gasteiger partial charge in [-0.2, -0.15) is 0 Å². The Labute approximate surface area is 217 Å². The Kier molecular flexibility index (Phi) is 8.26. The van der Waals surface area contributed by atoms with Crippen LogP contribution in [0.4, 0.5) is 5.69 Å². The Hall–Kier alpha value is -4.09. The Morgan fingerprint density at radius 2 is 1.84 bits per heavy atom. The van der Waals surface area contributed by atoms with Gasteiger partial charge >= 0.3 is 11.9 Å². The van der Waals surface area contributed by atoms with Gasteiger partial charge in [-0.3, -0.25) is 19.7 Å². The summed E-state index contributed by atoms with van der Waals surface area (Å²) in [5.41, 5.74) is 1.70. The van der Waals surface area contributed by atoms with Crippen molar-refractivity contribution in [2.24, 2.45) is 0 Å². The molecule has 2 unspecified atom stereocenters. The average Bonchev–Trinajstić information content (AvgIpc) is 2.90. The van der Waals surface area contributed by atoms with Crippen LogP contribution in [-0.2, 0) is 20.7 Å². The number of ether oxygens (including phenoxy) is 4. The lowest BCUT2D eigenvalue weighted by Crippen LogP contribution is -2.35. The summed E-state index contributed by atoms with van der Waals surface area (Å²) in [6.45, 7) is 1.64. The van der Waals surface area contributed by atoms with Crippen LogP contribution in [0.2, 0.25) is 0 Å². The number of non-ortho nitro benzene ring substituents is 1. The van der Waals surface area contributed by atoms with Crippen molar-refractivity contribution >= 4 is 29.6 Å². The number of nitrogens with zero attached hydrogens (tertiary/aromatic N) is 1. The zero-order valence-corrected chi connectivity index (χ0v) is 20.9. The molecular formula is C26H24N2O8S. The number of benzene rings is 3. The molecule has 2 atom stereocenters. The first-order valence-corrected chi connectivity index (χ1v) is 12.1. The molecule has 3 aromatic carbocycles. The van der Waals surface area contributed by atoms with Gasteiger partial charge in [0.2, 0.25) is 0 Å². The van der Waals surface area contributed by atoms with Crippen LogP contribution in [0.5, 0.6) is 17.2 Å². The molecule has 0 saturated heterocycles. The molecule has 192 valence electrons. The van der Waals surface area contributed by atoms with E-state index < -0.39 is 16.9 Å². The van der Waals surface area contributed by atoms with Gasteiger partial charge in [0.05, 0.1) is 12.0 Å². The van der Waals surface area contributed by atoms with Gasteiger partial charge in [0.1, 0.15) is 18.4 Å². The largest absolute Gasteiger partial charge is 0.485 e. The van der Waals surface area contributed by atoms with E-state index in [0.29, 0.717) is 28.6 Å². The summed E-state index contributed by atoms with van der Waals surface area (Å²) in [5.74, 6) is 0.772. The van der Waals surface area contributed by atoms with E-state index in [4.69, 9.17) is 18.9 Å². The van der Waals surface area contributed by atoms with E-state index in [2.05, 4.69) is 4.72 Å². The van der Waals surface area contributed by atoms with Crippen LogP contribution in [-0.4, -0.2) is 36.6 Å². The molecular weight excluding hydrogens is 500 g/mol. The monoisotopic (exact) mass is 524 g/mol. The molecule has 10 nitrogen and oxygen atoms in total. The van der Waals surface area contributed by atoms with Gasteiger partial charge in [-0.1, -0.05) is 18.2 Å². The van der Waals surface area contributed by atoms with Crippen LogP contribution in [0.3, 0.4) is 0 Å². The molecule has 0 amide bonds. The minimum absolute atomic E-state index is 0.00796. The molecule has 0 spiro atoms. The number of rotatable bonds is 9. The fourth-order valence-electron chi connectivity index (χ4n) is 3.65. The van der Waals surface area contributed by atoms with Gasteiger partial charge in [0, 0.05) is 24.0 Å². The number of hydrogen-bond donors (Lipinski definition) is 1. The summed E-state index contributed by atoms with van der Waals surface area (Å²) >= 11 is 1.19. The first kappa shape index (κ1) is 26.0. The number of hydrogen-bond acceptors (Lipinski definition) is 10. The number of methoxy groups -OCH3 is 1. The topological polar surface area (TPSA) is 126 Å². The highest BCUT2D eigenvalue weighted by atomic mass is 32.2. The molecule has 0 saturated carbocycles. The zero-order chi connectivity index (χ0) is 26.4. The second-order valence-corrected chi connectivity index (χ2v) is 9.02. The van der Waals surface area contributed by atoms with Crippen molar-refractivity contribution in [3.63, 3.8) is 0 Å². The van der Waals surface area contributed by atoms with E-state index in [1.165, 1.54) is 38.1 Å². The third-order valence-electron chi connectivity index (χ3n) is 5.47. The summed E-state index contributed by atoms with van der Waals surface area (Å²) in [6, 6.07) is 17.9. The number of carbonyl (C=O) groups is 2. The minimum Gasteiger partial charge on any atom is -0.485 e. The number of nitrogens with one attached hydrogen (secondary N) is 1. The molecule has 1 N–H and O–H groups in total. The average molecular weight is 525 g/mol. The maximum Gasteiger partial charge on any atom is 0.324 e. The van der Waals surface area contributed by atoms with Crippen LogP contribution < -0.4 is 18.9 Å². The number of esters is 2. The molecule has 0 aromatic heterocycles. The number of nitro benzene ring substituents is 1. The van der Waals surface area contributed by atoms with Crippen molar-refractivity contribution in [1.82, 2.24) is 4.72 Å². The maximum atomic E-state index is 12.4. The van der Waals surface area contributed by atoms with Crippen LogP contribution in [0.15, 0.2) is 71.6 Å². The SMILES string of the molecule is COC(=O)C(Cc1ccc2c(c1)OCC(c1ccc(OC(C)=O)cc1)O2)NSc1ccc([N+](=O)[O-])cc1. The molecule has 0 aliphatic carbocycles. The zero-order valence-electron chi connectivity index (χ0n) is 20.0. The fraction of sp³-hybridized carbons (Fsp3) is 0.231. The Morgan fingerprint density at radius 1 is 1.11 bits per heavy atom. The highest BCUT2D eigenvalue weighted by Crippen LogP contribution is 2.37. The van der Waals surface area contributed by atoms with Crippen molar-refractivity contribution in [3.8, 4) is 17.2 Å². The van der Waals surface area contributed by atoms with Crippen LogP contribution >= 0.6 is 11.9 Å². The number of carbonyl (C=O) groups excluding carboxylic acids is 2. The van der Waals surface area contributed by atoms with Gasteiger partial charge in [-0.05, 0) is 65.9 Å². The van der Waals surface area contributed by atoms with E-state index >= 15 is 0 Å². The summed E-state index contributed by atoms with van der Waals surface area (Å²) in [7, 11) is 1.32. The predicted octanol–water partition coefficient (Wildman–Crippen LogP) is 4.41. The molecule has 1 heterocycles. The summed E-state index contributed by atoms with van der Waals surface area (Å²) in [6.07, 6.45) is -0.00282. The lowest BCUT2D eigenvalue weighted by Gasteiger charge is -2.27. The fourth-order valence-corrected chi connectivity index (χ4v) is 4.38. The quantitative estimate of drug-likeness (QED) is 0.141. The molecule has 1 aliphatic rings. The van der Waals surface area contributed by atoms with Crippen molar-refractivity contribution < 1.29 is 33.5 Å². The molecule has 11 heteroatoms. The molecule has 1 aliphatic heterocycles. The van der Waals surface area contributed by atoms with Crippen molar-refractivity contribution in [3.05, 3.63) is 88.0 Å². The van der Waals surface area contributed by atoms with Crippen LogP contribution in [0.1, 0.15) is 24.2 Å². The standard InChI is InChI=1S/C26H24N2O8S/c1-16(29)35-20-8-4-18(5-9-20)25-15-34-24-14-17(3-12-23(24)36-25)13-22(26(30)33-2)27-37-21-10-6-19(7-11-21)28(31)32/h3-12,14,22,25,27H,13,15H2,1-2H3. The first-order chi connectivity index (χ1) is 17.8. The molecule has 0 bridgehead atoms. The van der Waals surface area contributed by atoms with E-state index in [1.807, 2.05) is 24.3 Å². The van der Waals surface area contributed by atoms with Crippen LogP contribution in [0, 0.1) is 10.1 Å². The van der Waals surface area contributed by atoms with Gasteiger partial charge in [0.25, 0.3) is 5.69 Å². The molecule has 4 rings (SSSR count).